The Kier molecular flexibility index (Phi) is 5.46. The first kappa shape index (κ1) is 15.4. The molecular weight excluding hydrogens is 338 g/mol. The molecule has 2 aromatic carbocycles. The summed E-state index contributed by atoms with van der Waals surface area (Å²) in [6, 6.07) is 11.7. The van der Waals surface area contributed by atoms with Crippen LogP contribution in [0, 0.1) is 6.92 Å². The Hall–Kier alpha value is -1.03. The lowest BCUT2D eigenvalue weighted by atomic mass is 10.2. The van der Waals surface area contributed by atoms with Crippen molar-refractivity contribution in [1.29, 1.82) is 0 Å². The van der Waals surface area contributed by atoms with Crippen LogP contribution in [0.25, 0.3) is 0 Å². The lowest BCUT2D eigenvalue weighted by Crippen LogP contribution is -2.12. The number of hydrogen-bond acceptors (Lipinski definition) is 2. The van der Waals surface area contributed by atoms with Gasteiger partial charge in [-0.15, -0.1) is 0 Å². The molecule has 0 atom stereocenters. The highest BCUT2D eigenvalue weighted by Gasteiger charge is 2.07. The smallest absolute Gasteiger partial charge is 0.131 e. The molecular formula is C16H17BrClNO. The maximum Gasteiger partial charge on any atom is 0.131 e. The molecule has 2 rings (SSSR count). The summed E-state index contributed by atoms with van der Waals surface area (Å²) in [5.74, 6) is 1.66. The minimum absolute atomic E-state index is 0.751. The molecule has 0 heterocycles. The topological polar surface area (TPSA) is 21.3 Å². The fourth-order valence-corrected chi connectivity index (χ4v) is 2.38. The van der Waals surface area contributed by atoms with Crippen molar-refractivity contribution < 1.29 is 4.74 Å². The van der Waals surface area contributed by atoms with Crippen molar-refractivity contribution in [1.82, 2.24) is 5.32 Å². The number of nitrogens with one attached hydrogen (secondary N) is 1. The van der Waals surface area contributed by atoms with Gasteiger partial charge in [-0.25, -0.2) is 0 Å². The molecule has 0 aliphatic carbocycles. The van der Waals surface area contributed by atoms with Crippen LogP contribution in [0.3, 0.4) is 0 Å². The summed E-state index contributed by atoms with van der Waals surface area (Å²) in [7, 11) is 0. The van der Waals surface area contributed by atoms with Gasteiger partial charge in [-0.1, -0.05) is 34.5 Å². The van der Waals surface area contributed by atoms with Crippen molar-refractivity contribution in [3.05, 3.63) is 57.0 Å². The Balaban J connectivity index is 2.25. The number of rotatable bonds is 5. The molecule has 0 aliphatic rings. The SMILES string of the molecule is CCNCc1cc(Br)ccc1Oc1ccc(Cl)c(C)c1. The standard InChI is InChI=1S/C16H17BrClNO/c1-3-19-10-12-9-13(17)4-7-16(12)20-14-5-6-15(18)11(2)8-14/h4-9,19H,3,10H2,1-2H3. The van der Waals surface area contributed by atoms with E-state index in [1.54, 1.807) is 0 Å². The summed E-state index contributed by atoms with van der Waals surface area (Å²) in [6.07, 6.45) is 0. The molecule has 0 fully saturated rings. The minimum Gasteiger partial charge on any atom is -0.457 e. The zero-order valence-corrected chi connectivity index (χ0v) is 13.9. The monoisotopic (exact) mass is 353 g/mol. The van der Waals surface area contributed by atoms with Crippen LogP contribution in [0.4, 0.5) is 0 Å². The lowest BCUT2D eigenvalue weighted by molar-refractivity contribution is 0.473. The molecule has 1 N–H and O–H groups in total. The van der Waals surface area contributed by atoms with Gasteiger partial charge < -0.3 is 10.1 Å². The van der Waals surface area contributed by atoms with Gasteiger partial charge in [0.05, 0.1) is 0 Å². The normalized spacial score (nSPS) is 10.6. The van der Waals surface area contributed by atoms with Gasteiger partial charge in [-0.3, -0.25) is 0 Å². The van der Waals surface area contributed by atoms with E-state index in [2.05, 4.69) is 34.2 Å². The lowest BCUT2D eigenvalue weighted by Gasteiger charge is -2.13. The highest BCUT2D eigenvalue weighted by atomic mass is 79.9. The Bertz CT molecular complexity index is 601. The summed E-state index contributed by atoms with van der Waals surface area (Å²) >= 11 is 9.53. The zero-order chi connectivity index (χ0) is 14.5. The van der Waals surface area contributed by atoms with E-state index in [0.29, 0.717) is 0 Å². The largest absolute Gasteiger partial charge is 0.457 e. The van der Waals surface area contributed by atoms with Gasteiger partial charge in [0.25, 0.3) is 0 Å². The third-order valence-electron chi connectivity index (χ3n) is 2.95. The molecule has 0 spiro atoms. The first-order chi connectivity index (χ1) is 9.60. The van der Waals surface area contributed by atoms with E-state index >= 15 is 0 Å². The molecule has 0 radical (unpaired) electrons. The molecule has 106 valence electrons. The predicted octanol–water partition coefficient (Wildman–Crippen LogP) is 5.31. The van der Waals surface area contributed by atoms with E-state index in [1.165, 1.54) is 0 Å². The summed E-state index contributed by atoms with van der Waals surface area (Å²) < 4.78 is 7.02. The number of ether oxygens (including phenoxy) is 1. The maximum atomic E-state index is 6.03. The van der Waals surface area contributed by atoms with Crippen molar-refractivity contribution >= 4 is 27.5 Å². The average Bonchev–Trinajstić information content (AvgIpc) is 2.43. The Morgan fingerprint density at radius 3 is 2.70 bits per heavy atom. The van der Waals surface area contributed by atoms with Gasteiger partial charge >= 0.3 is 0 Å². The van der Waals surface area contributed by atoms with Gasteiger partial charge in [-0.05, 0) is 55.4 Å². The van der Waals surface area contributed by atoms with E-state index in [-0.39, 0.29) is 0 Å². The maximum absolute atomic E-state index is 6.03. The van der Waals surface area contributed by atoms with Crippen molar-refractivity contribution in [2.45, 2.75) is 20.4 Å². The highest BCUT2D eigenvalue weighted by Crippen LogP contribution is 2.30. The average molecular weight is 355 g/mol. The molecule has 0 saturated carbocycles. The van der Waals surface area contributed by atoms with Crippen molar-refractivity contribution in [2.24, 2.45) is 0 Å². The molecule has 0 aromatic heterocycles. The summed E-state index contributed by atoms with van der Waals surface area (Å²) in [4.78, 5) is 0. The van der Waals surface area contributed by atoms with Crippen LogP contribution in [0.15, 0.2) is 40.9 Å². The Labute approximate surface area is 133 Å². The van der Waals surface area contributed by atoms with Crippen molar-refractivity contribution in [3.8, 4) is 11.5 Å². The van der Waals surface area contributed by atoms with E-state index in [9.17, 15) is 0 Å². The fourth-order valence-electron chi connectivity index (χ4n) is 1.85. The van der Waals surface area contributed by atoms with Crippen LogP contribution in [-0.4, -0.2) is 6.54 Å². The molecule has 2 aromatic rings. The molecule has 2 nitrogen and oxygen atoms in total. The first-order valence-electron chi connectivity index (χ1n) is 6.53. The third-order valence-corrected chi connectivity index (χ3v) is 3.86. The van der Waals surface area contributed by atoms with Crippen molar-refractivity contribution in [3.63, 3.8) is 0 Å². The van der Waals surface area contributed by atoms with Crippen LogP contribution in [0.2, 0.25) is 5.02 Å². The van der Waals surface area contributed by atoms with Crippen molar-refractivity contribution in [2.75, 3.05) is 6.54 Å². The number of halogens is 2. The number of hydrogen-bond donors (Lipinski definition) is 1. The van der Waals surface area contributed by atoms with E-state index in [4.69, 9.17) is 16.3 Å². The Morgan fingerprint density at radius 2 is 2.00 bits per heavy atom. The quantitative estimate of drug-likeness (QED) is 0.785. The predicted molar refractivity (Wildman–Crippen MR) is 87.8 cm³/mol. The van der Waals surface area contributed by atoms with E-state index < -0.39 is 0 Å². The molecule has 0 saturated heterocycles. The van der Waals surface area contributed by atoms with Crippen LogP contribution in [0.1, 0.15) is 18.1 Å². The third kappa shape index (κ3) is 3.98. The Morgan fingerprint density at radius 1 is 1.20 bits per heavy atom. The van der Waals surface area contributed by atoms with Crippen LogP contribution >= 0.6 is 27.5 Å². The molecule has 0 amide bonds. The summed E-state index contributed by atoms with van der Waals surface area (Å²) in [6.45, 7) is 5.75. The number of aryl methyl sites for hydroxylation is 1. The summed E-state index contributed by atoms with van der Waals surface area (Å²) in [5.41, 5.74) is 2.13. The van der Waals surface area contributed by atoms with Crippen LogP contribution in [0.5, 0.6) is 11.5 Å². The number of benzene rings is 2. The van der Waals surface area contributed by atoms with Gasteiger partial charge in [0.15, 0.2) is 0 Å². The molecule has 0 aliphatic heterocycles. The van der Waals surface area contributed by atoms with Gasteiger partial charge in [0.2, 0.25) is 0 Å². The second-order valence-corrected chi connectivity index (χ2v) is 5.87. The van der Waals surface area contributed by atoms with Gasteiger partial charge in [-0.2, -0.15) is 0 Å². The molecule has 20 heavy (non-hydrogen) atoms. The second kappa shape index (κ2) is 7.11. The van der Waals surface area contributed by atoms with E-state index in [1.807, 2.05) is 37.3 Å². The molecule has 0 bridgehead atoms. The molecule has 0 unspecified atom stereocenters. The summed E-state index contributed by atoms with van der Waals surface area (Å²) in [5, 5.41) is 4.07. The van der Waals surface area contributed by atoms with Gasteiger partial charge in [0, 0.05) is 21.6 Å². The fraction of sp³-hybridized carbons (Fsp3) is 0.250. The van der Waals surface area contributed by atoms with Gasteiger partial charge in [0.1, 0.15) is 11.5 Å². The minimum atomic E-state index is 0.751. The van der Waals surface area contributed by atoms with Crippen LogP contribution in [-0.2, 0) is 6.54 Å². The highest BCUT2D eigenvalue weighted by molar-refractivity contribution is 9.10. The second-order valence-electron chi connectivity index (χ2n) is 4.55. The van der Waals surface area contributed by atoms with E-state index in [0.717, 1.165) is 45.2 Å². The van der Waals surface area contributed by atoms with Crippen LogP contribution < -0.4 is 10.1 Å². The zero-order valence-electron chi connectivity index (χ0n) is 11.5. The first-order valence-corrected chi connectivity index (χ1v) is 7.70. The molecule has 4 heteroatoms.